The Hall–Kier alpha value is -1.33. The maximum absolute atomic E-state index is 11.8. The molecule has 1 aromatic heterocycles. The van der Waals surface area contributed by atoms with Gasteiger partial charge in [-0.05, 0) is 40.6 Å². The third-order valence-electron chi connectivity index (χ3n) is 2.36. The molecule has 0 saturated carbocycles. The Morgan fingerprint density at radius 1 is 1.39 bits per heavy atom. The van der Waals surface area contributed by atoms with Crippen LogP contribution in [0, 0.1) is 0 Å². The highest BCUT2D eigenvalue weighted by Gasteiger charge is 2.08. The summed E-state index contributed by atoms with van der Waals surface area (Å²) in [6.07, 6.45) is 0.735. The number of carbonyl (C=O) groups excluding carboxylic acids is 1. The molecule has 0 bridgehead atoms. The fraction of sp³-hybridized carbons (Fsp3) is 0.154. The second kappa shape index (κ2) is 6.02. The van der Waals surface area contributed by atoms with Gasteiger partial charge in [0.05, 0.1) is 12.2 Å². The van der Waals surface area contributed by atoms with E-state index in [9.17, 15) is 4.79 Å². The first kappa shape index (κ1) is 13.1. The molecule has 2 aromatic rings. The van der Waals surface area contributed by atoms with Crippen molar-refractivity contribution >= 4 is 38.9 Å². The molecule has 0 radical (unpaired) electrons. The molecule has 5 heteroatoms. The van der Waals surface area contributed by atoms with E-state index in [1.807, 2.05) is 16.8 Å². The fourth-order valence-corrected chi connectivity index (χ4v) is 2.72. The Morgan fingerprint density at radius 2 is 2.22 bits per heavy atom. The van der Waals surface area contributed by atoms with Crippen molar-refractivity contribution in [2.45, 2.75) is 6.42 Å². The predicted octanol–water partition coefficient (Wildman–Crippen LogP) is 3.49. The van der Waals surface area contributed by atoms with Crippen molar-refractivity contribution in [3.63, 3.8) is 0 Å². The van der Waals surface area contributed by atoms with Gasteiger partial charge in [-0.3, -0.25) is 0 Å². The Kier molecular flexibility index (Phi) is 4.38. The van der Waals surface area contributed by atoms with Gasteiger partial charge >= 0.3 is 5.97 Å². The first-order valence-corrected chi connectivity index (χ1v) is 7.13. The Bertz CT molecular complexity index is 520. The number of benzene rings is 1. The Balaban J connectivity index is 1.91. The van der Waals surface area contributed by atoms with Gasteiger partial charge in [-0.1, -0.05) is 15.9 Å². The van der Waals surface area contributed by atoms with Crippen LogP contribution in [0.4, 0.5) is 5.69 Å². The van der Waals surface area contributed by atoms with Crippen molar-refractivity contribution in [3.05, 3.63) is 50.6 Å². The first-order chi connectivity index (χ1) is 8.65. The van der Waals surface area contributed by atoms with Crippen molar-refractivity contribution in [1.82, 2.24) is 0 Å². The topological polar surface area (TPSA) is 52.3 Å². The quantitative estimate of drug-likeness (QED) is 0.691. The molecular formula is C13H12BrNO2S. The average molecular weight is 326 g/mol. The van der Waals surface area contributed by atoms with Gasteiger partial charge in [0.25, 0.3) is 0 Å². The van der Waals surface area contributed by atoms with Gasteiger partial charge in [0.1, 0.15) is 0 Å². The first-order valence-electron chi connectivity index (χ1n) is 5.39. The molecule has 0 saturated heterocycles. The predicted molar refractivity (Wildman–Crippen MR) is 76.9 cm³/mol. The second-order valence-corrected chi connectivity index (χ2v) is 5.49. The van der Waals surface area contributed by atoms with Crippen molar-refractivity contribution in [2.75, 3.05) is 12.3 Å². The molecule has 0 aliphatic heterocycles. The van der Waals surface area contributed by atoms with Crippen LogP contribution in [0.2, 0.25) is 0 Å². The summed E-state index contributed by atoms with van der Waals surface area (Å²) in [6.45, 7) is 0.377. The molecule has 0 amide bonds. The number of rotatable bonds is 4. The zero-order valence-electron chi connectivity index (χ0n) is 9.56. The number of nitrogen functional groups attached to an aromatic ring is 1. The van der Waals surface area contributed by atoms with Crippen LogP contribution in [0.1, 0.15) is 15.9 Å². The molecule has 1 heterocycles. The number of hydrogen-bond donors (Lipinski definition) is 1. The van der Waals surface area contributed by atoms with Gasteiger partial charge in [0.15, 0.2) is 0 Å². The summed E-state index contributed by atoms with van der Waals surface area (Å²) in [5.74, 6) is -0.349. The third-order valence-corrected chi connectivity index (χ3v) is 3.55. The summed E-state index contributed by atoms with van der Waals surface area (Å²) in [4.78, 5) is 11.8. The summed E-state index contributed by atoms with van der Waals surface area (Å²) in [7, 11) is 0. The van der Waals surface area contributed by atoms with Crippen LogP contribution in [0.15, 0.2) is 39.5 Å². The maximum atomic E-state index is 11.8. The van der Waals surface area contributed by atoms with E-state index in [0.29, 0.717) is 17.9 Å². The number of anilines is 1. The lowest BCUT2D eigenvalue weighted by atomic mass is 10.2. The minimum absolute atomic E-state index is 0.349. The fourth-order valence-electron chi connectivity index (χ4n) is 1.51. The summed E-state index contributed by atoms with van der Waals surface area (Å²) >= 11 is 4.93. The van der Waals surface area contributed by atoms with E-state index >= 15 is 0 Å². The number of thiophene rings is 1. The molecule has 0 unspecified atom stereocenters. The average Bonchev–Trinajstić information content (AvgIpc) is 2.80. The highest BCUT2D eigenvalue weighted by Crippen LogP contribution is 2.18. The van der Waals surface area contributed by atoms with E-state index in [0.717, 1.165) is 10.9 Å². The van der Waals surface area contributed by atoms with Gasteiger partial charge in [0.2, 0.25) is 0 Å². The van der Waals surface area contributed by atoms with Gasteiger partial charge < -0.3 is 10.5 Å². The Labute approximate surface area is 118 Å². The van der Waals surface area contributed by atoms with Crippen LogP contribution in [-0.2, 0) is 11.2 Å². The van der Waals surface area contributed by atoms with Gasteiger partial charge in [-0.15, -0.1) is 0 Å². The van der Waals surface area contributed by atoms with E-state index in [2.05, 4.69) is 15.9 Å². The standard InChI is InChI=1S/C13H12BrNO2S/c14-11-5-10(6-12(15)7-11)13(16)17-3-1-9-2-4-18-8-9/h2,4-8H,1,3,15H2. The lowest BCUT2D eigenvalue weighted by molar-refractivity contribution is 0.0509. The summed E-state index contributed by atoms with van der Waals surface area (Å²) < 4.78 is 5.97. The van der Waals surface area contributed by atoms with E-state index < -0.39 is 0 Å². The smallest absolute Gasteiger partial charge is 0.338 e. The van der Waals surface area contributed by atoms with Crippen LogP contribution >= 0.6 is 27.3 Å². The molecule has 94 valence electrons. The normalized spacial score (nSPS) is 10.3. The highest BCUT2D eigenvalue weighted by molar-refractivity contribution is 9.10. The number of hydrogen-bond acceptors (Lipinski definition) is 4. The lowest BCUT2D eigenvalue weighted by Gasteiger charge is -2.05. The summed E-state index contributed by atoms with van der Waals surface area (Å²) in [6, 6.07) is 7.07. The molecule has 0 fully saturated rings. The molecule has 0 spiro atoms. The SMILES string of the molecule is Nc1cc(Br)cc(C(=O)OCCc2ccsc2)c1. The second-order valence-electron chi connectivity index (χ2n) is 3.79. The molecule has 0 atom stereocenters. The van der Waals surface area contributed by atoms with Gasteiger partial charge in [-0.25, -0.2) is 4.79 Å². The van der Waals surface area contributed by atoms with Gasteiger partial charge in [0, 0.05) is 16.6 Å². The van der Waals surface area contributed by atoms with Crippen molar-refractivity contribution in [2.24, 2.45) is 0 Å². The van der Waals surface area contributed by atoms with Crippen molar-refractivity contribution in [1.29, 1.82) is 0 Å². The van der Waals surface area contributed by atoms with Gasteiger partial charge in [-0.2, -0.15) is 11.3 Å². The zero-order chi connectivity index (χ0) is 13.0. The largest absolute Gasteiger partial charge is 0.462 e. The molecule has 1 aromatic carbocycles. The molecule has 18 heavy (non-hydrogen) atoms. The lowest BCUT2D eigenvalue weighted by Crippen LogP contribution is -2.08. The van der Waals surface area contributed by atoms with E-state index in [1.165, 1.54) is 5.56 Å². The minimum Gasteiger partial charge on any atom is -0.462 e. The third kappa shape index (κ3) is 3.58. The van der Waals surface area contributed by atoms with Crippen LogP contribution in [0.3, 0.4) is 0 Å². The highest BCUT2D eigenvalue weighted by atomic mass is 79.9. The van der Waals surface area contributed by atoms with Crippen LogP contribution in [0.25, 0.3) is 0 Å². The number of halogens is 1. The van der Waals surface area contributed by atoms with Crippen LogP contribution in [0.5, 0.6) is 0 Å². The number of carbonyl (C=O) groups is 1. The summed E-state index contributed by atoms with van der Waals surface area (Å²) in [5, 5.41) is 4.05. The van der Waals surface area contributed by atoms with Crippen LogP contribution < -0.4 is 5.73 Å². The monoisotopic (exact) mass is 325 g/mol. The maximum Gasteiger partial charge on any atom is 0.338 e. The number of ether oxygens (including phenoxy) is 1. The molecule has 0 aliphatic carbocycles. The number of nitrogens with two attached hydrogens (primary N) is 1. The van der Waals surface area contributed by atoms with E-state index in [1.54, 1.807) is 29.5 Å². The molecule has 3 nitrogen and oxygen atoms in total. The minimum atomic E-state index is -0.349. The number of esters is 1. The molecular weight excluding hydrogens is 314 g/mol. The molecule has 2 N–H and O–H groups in total. The molecule has 2 rings (SSSR count). The summed E-state index contributed by atoms with van der Waals surface area (Å²) in [5.41, 5.74) is 7.85. The van der Waals surface area contributed by atoms with E-state index in [-0.39, 0.29) is 5.97 Å². The van der Waals surface area contributed by atoms with Crippen LogP contribution in [-0.4, -0.2) is 12.6 Å². The molecule has 0 aliphatic rings. The Morgan fingerprint density at radius 3 is 2.89 bits per heavy atom. The van der Waals surface area contributed by atoms with Crippen molar-refractivity contribution < 1.29 is 9.53 Å². The van der Waals surface area contributed by atoms with Crippen molar-refractivity contribution in [3.8, 4) is 0 Å². The van der Waals surface area contributed by atoms with E-state index in [4.69, 9.17) is 10.5 Å². The zero-order valence-corrected chi connectivity index (χ0v) is 12.0.